The highest BCUT2D eigenvalue weighted by molar-refractivity contribution is 7.48. The van der Waals surface area contributed by atoms with Crippen LogP contribution in [0.2, 0.25) is 0 Å². The Morgan fingerprint density at radius 3 is 2.00 bits per heavy atom. The Hall–Kier alpha value is -0.240. The minimum absolute atomic E-state index is 0.237. The first-order chi connectivity index (χ1) is 8.04. The van der Waals surface area contributed by atoms with Crippen molar-refractivity contribution in [2.45, 2.75) is 39.0 Å². The average Bonchev–Trinajstić information content (AvgIpc) is 2.09. The van der Waals surface area contributed by atoms with Gasteiger partial charge in [0.1, 0.15) is 6.42 Å². The third-order valence-electron chi connectivity index (χ3n) is 1.39. The van der Waals surface area contributed by atoms with E-state index in [1.807, 2.05) is 0 Å². The maximum absolute atomic E-state index is 12.9. The SMILES string of the molecule is CCCOP(=O)(OCC)OC(F)(F)CC(F)(F)F. The van der Waals surface area contributed by atoms with Gasteiger partial charge in [-0.25, -0.2) is 9.09 Å². The summed E-state index contributed by atoms with van der Waals surface area (Å²) in [4.78, 5) is 0. The summed E-state index contributed by atoms with van der Waals surface area (Å²) < 4.78 is 85.2. The second-order valence-electron chi connectivity index (χ2n) is 3.22. The number of hydrogen-bond donors (Lipinski definition) is 0. The molecule has 0 fully saturated rings. The molecule has 0 saturated carbocycles. The molecule has 110 valence electrons. The molecule has 0 saturated heterocycles. The van der Waals surface area contributed by atoms with Crippen LogP contribution in [0.5, 0.6) is 0 Å². The molecule has 0 radical (unpaired) electrons. The summed E-state index contributed by atoms with van der Waals surface area (Å²) in [5.41, 5.74) is 0. The molecule has 1 unspecified atom stereocenters. The highest BCUT2D eigenvalue weighted by atomic mass is 31.2. The molecule has 0 spiro atoms. The molecule has 1 atom stereocenters. The third-order valence-corrected chi connectivity index (χ3v) is 2.96. The van der Waals surface area contributed by atoms with Gasteiger partial charge in [0, 0.05) is 0 Å². The van der Waals surface area contributed by atoms with Crippen LogP contribution in [-0.4, -0.2) is 25.5 Å². The van der Waals surface area contributed by atoms with Gasteiger partial charge in [-0.05, 0) is 13.3 Å². The normalized spacial score (nSPS) is 16.6. The van der Waals surface area contributed by atoms with E-state index in [0.717, 1.165) is 0 Å². The maximum atomic E-state index is 12.9. The topological polar surface area (TPSA) is 44.8 Å². The lowest BCUT2D eigenvalue weighted by Gasteiger charge is -2.23. The highest BCUT2D eigenvalue weighted by Crippen LogP contribution is 2.55. The number of halogens is 5. The molecule has 0 heterocycles. The van der Waals surface area contributed by atoms with Crippen molar-refractivity contribution in [2.24, 2.45) is 0 Å². The van der Waals surface area contributed by atoms with Crippen molar-refractivity contribution >= 4 is 7.82 Å². The molecular formula is C8H14F5O4P. The second-order valence-corrected chi connectivity index (χ2v) is 4.81. The van der Waals surface area contributed by atoms with E-state index in [0.29, 0.717) is 6.42 Å². The summed E-state index contributed by atoms with van der Waals surface area (Å²) in [5, 5.41) is 0. The first kappa shape index (κ1) is 17.8. The molecule has 0 aliphatic heterocycles. The first-order valence-corrected chi connectivity index (χ1v) is 6.54. The lowest BCUT2D eigenvalue weighted by atomic mass is 10.4. The molecule has 0 aromatic rings. The predicted molar refractivity (Wildman–Crippen MR) is 52.2 cm³/mol. The van der Waals surface area contributed by atoms with E-state index in [1.54, 1.807) is 6.92 Å². The largest absolute Gasteiger partial charge is 0.479 e. The van der Waals surface area contributed by atoms with Crippen molar-refractivity contribution in [3.05, 3.63) is 0 Å². The summed E-state index contributed by atoms with van der Waals surface area (Å²) in [6, 6.07) is 0. The molecule has 0 aromatic heterocycles. The van der Waals surface area contributed by atoms with Crippen molar-refractivity contribution in [1.29, 1.82) is 0 Å². The van der Waals surface area contributed by atoms with E-state index in [-0.39, 0.29) is 13.2 Å². The van der Waals surface area contributed by atoms with E-state index in [4.69, 9.17) is 0 Å². The van der Waals surface area contributed by atoms with Gasteiger partial charge in [0.2, 0.25) is 0 Å². The number of hydrogen-bond acceptors (Lipinski definition) is 4. The average molecular weight is 300 g/mol. The van der Waals surface area contributed by atoms with E-state index in [2.05, 4.69) is 13.6 Å². The summed E-state index contributed by atoms with van der Waals surface area (Å²) >= 11 is 0. The van der Waals surface area contributed by atoms with Gasteiger partial charge in [-0.15, -0.1) is 0 Å². The van der Waals surface area contributed by atoms with Gasteiger partial charge in [0.15, 0.2) is 0 Å². The summed E-state index contributed by atoms with van der Waals surface area (Å²) in [6.45, 7) is 2.36. The maximum Gasteiger partial charge on any atom is 0.479 e. The zero-order valence-electron chi connectivity index (χ0n) is 9.80. The quantitative estimate of drug-likeness (QED) is 0.499. The van der Waals surface area contributed by atoms with Crippen LogP contribution in [0, 0.1) is 0 Å². The minimum atomic E-state index is -5.16. The number of phosphoric ester groups is 1. The number of alkyl halides is 5. The monoisotopic (exact) mass is 300 g/mol. The fourth-order valence-electron chi connectivity index (χ4n) is 0.880. The Morgan fingerprint density at radius 1 is 1.06 bits per heavy atom. The minimum Gasteiger partial charge on any atom is -0.287 e. The van der Waals surface area contributed by atoms with Crippen molar-refractivity contribution in [3.8, 4) is 0 Å². The molecule has 4 nitrogen and oxygen atoms in total. The molecule has 0 bridgehead atoms. The lowest BCUT2D eigenvalue weighted by Crippen LogP contribution is -2.28. The van der Waals surface area contributed by atoms with E-state index in [9.17, 15) is 26.5 Å². The van der Waals surface area contributed by atoms with Crippen molar-refractivity contribution in [2.75, 3.05) is 13.2 Å². The molecular weight excluding hydrogens is 286 g/mol. The summed E-state index contributed by atoms with van der Waals surface area (Å²) in [5.74, 6) is 0. The van der Waals surface area contributed by atoms with E-state index in [1.165, 1.54) is 6.92 Å². The molecule has 0 amide bonds. The third kappa shape index (κ3) is 7.97. The smallest absolute Gasteiger partial charge is 0.287 e. The van der Waals surface area contributed by atoms with Gasteiger partial charge < -0.3 is 0 Å². The Bertz CT molecular complexity index is 294. The molecule has 0 aromatic carbocycles. The zero-order chi connectivity index (χ0) is 14.4. The van der Waals surface area contributed by atoms with E-state index < -0.39 is 26.5 Å². The van der Waals surface area contributed by atoms with Crippen LogP contribution in [0.25, 0.3) is 0 Å². The molecule has 0 aliphatic rings. The molecule has 0 rings (SSSR count). The Balaban J connectivity index is 4.70. The van der Waals surface area contributed by atoms with Gasteiger partial charge in [-0.1, -0.05) is 6.92 Å². The van der Waals surface area contributed by atoms with E-state index >= 15 is 0 Å². The van der Waals surface area contributed by atoms with Gasteiger partial charge in [0.25, 0.3) is 0 Å². The Morgan fingerprint density at radius 2 is 1.61 bits per heavy atom. The van der Waals surface area contributed by atoms with Gasteiger partial charge in [-0.2, -0.15) is 22.0 Å². The van der Waals surface area contributed by atoms with Crippen molar-refractivity contribution in [1.82, 2.24) is 0 Å². The lowest BCUT2D eigenvalue weighted by molar-refractivity contribution is -0.261. The molecule has 0 aliphatic carbocycles. The molecule has 18 heavy (non-hydrogen) atoms. The van der Waals surface area contributed by atoms with Gasteiger partial charge in [0.05, 0.1) is 13.2 Å². The van der Waals surface area contributed by atoms with Crippen LogP contribution in [0.1, 0.15) is 26.7 Å². The number of phosphoric acid groups is 1. The van der Waals surface area contributed by atoms with Crippen molar-refractivity contribution in [3.63, 3.8) is 0 Å². The van der Waals surface area contributed by atoms with Crippen LogP contribution in [-0.2, 0) is 18.1 Å². The van der Waals surface area contributed by atoms with Crippen LogP contribution < -0.4 is 0 Å². The van der Waals surface area contributed by atoms with Crippen LogP contribution in [0.4, 0.5) is 22.0 Å². The summed E-state index contributed by atoms with van der Waals surface area (Å²) in [7, 11) is -4.69. The predicted octanol–water partition coefficient (Wildman–Crippen LogP) is 4.12. The van der Waals surface area contributed by atoms with Crippen LogP contribution in [0.3, 0.4) is 0 Å². The number of rotatable bonds is 8. The highest BCUT2D eigenvalue weighted by Gasteiger charge is 2.50. The Kier molecular flexibility index (Phi) is 6.70. The van der Waals surface area contributed by atoms with Gasteiger partial charge >= 0.3 is 20.1 Å². The molecule has 0 N–H and O–H groups in total. The van der Waals surface area contributed by atoms with Crippen LogP contribution in [0.15, 0.2) is 0 Å². The standard InChI is InChI=1S/C8H14F5O4P/c1-3-5-16-18(14,15-4-2)17-8(12,13)6-7(9,10)11/h3-6H2,1-2H3. The van der Waals surface area contributed by atoms with Crippen LogP contribution >= 0.6 is 7.82 Å². The zero-order valence-corrected chi connectivity index (χ0v) is 10.7. The van der Waals surface area contributed by atoms with Gasteiger partial charge in [-0.3, -0.25) is 9.05 Å². The first-order valence-electron chi connectivity index (χ1n) is 5.08. The second kappa shape index (κ2) is 6.79. The molecule has 10 heteroatoms. The fraction of sp³-hybridized carbons (Fsp3) is 1.00. The Labute approximate surface area is 101 Å². The fourth-order valence-corrected chi connectivity index (χ4v) is 2.17. The van der Waals surface area contributed by atoms with Crippen molar-refractivity contribution < 1.29 is 40.1 Å². The summed E-state index contributed by atoms with van der Waals surface area (Å²) in [6.07, 6.45) is -12.1.